The van der Waals surface area contributed by atoms with E-state index in [0.29, 0.717) is 60.9 Å². The molecule has 1 unspecified atom stereocenters. The average Bonchev–Trinajstić information content (AvgIpc) is 0.926. The molecule has 0 aromatic heterocycles. The number of hydrogen-bond donors (Lipinski definition) is 0. The summed E-state index contributed by atoms with van der Waals surface area (Å²) in [6.07, 6.45) is 5.96. The Morgan fingerprint density at radius 1 is 0.231 bits per heavy atom. The van der Waals surface area contributed by atoms with Crippen molar-refractivity contribution in [3.8, 4) is 0 Å². The van der Waals surface area contributed by atoms with E-state index in [1.54, 1.807) is 60.7 Å². The Bertz CT molecular complexity index is 3160. The minimum absolute atomic E-state index is 0.211. The average molecular weight is 1650 g/mol. The molecule has 0 N–H and O–H groups in total. The number of nitrogens with zero attached hydrogens (tertiary/aromatic N) is 5. The van der Waals surface area contributed by atoms with E-state index in [4.69, 9.17) is 23.7 Å². The topological polar surface area (TPSA) is 263 Å². The molecule has 0 radical (unpaired) electrons. The Morgan fingerprint density at radius 3 is 0.538 bits per heavy atom. The van der Waals surface area contributed by atoms with E-state index in [1.165, 1.54) is 115 Å². The SMILES string of the molecule is CCCC[N+](CC)(CCC)CCOC(=O)c1ccccc1.CCC[N+](CC)(CCC)CCOC(=O)c1ccccc1.CC[N+](CC)(CC)CCOC(=O)c1ccccc1.CC[N+](CC)(CC)CCOC(=O)c1ccccc1.COC(C)=O.COC(C)=O.COC(C)=O.COC(C)=O.COC(C)=O.C[N+](C)(C)CCOC(=O)c1ccccc1. The lowest BCUT2D eigenvalue weighted by Gasteiger charge is -2.37. The number of unbranched alkanes of at least 4 members (excludes halogenated alkanes) is 1. The van der Waals surface area contributed by atoms with Crippen LogP contribution in [0.5, 0.6) is 0 Å². The van der Waals surface area contributed by atoms with Crippen LogP contribution in [0.1, 0.15) is 202 Å². The second-order valence-electron chi connectivity index (χ2n) is 28.0. The minimum Gasteiger partial charge on any atom is -0.469 e. The molecule has 0 saturated carbocycles. The highest BCUT2D eigenvalue weighted by Gasteiger charge is 2.27. The smallest absolute Gasteiger partial charge is 0.338 e. The standard InChI is InChI=1S/C18H30NO2.C17H28NO2.2C15H24NO2.C12H18NO2.5C3H6O2/c1-4-7-14-19(6-3,13-5-2)15-16-21-18(20)17-11-9-8-10-12-17;1-4-12-18(6-3,13-5-2)14-15-20-17(19)16-10-8-7-9-11-16;2*1-4-16(5-2,6-3)12-13-18-15(17)14-10-8-7-9-11-14;1-13(2,3)9-10-15-12(14)11-7-5-4-6-8-11;5*1-3(4)5-2/h8-12H,4-7,13-16H2,1-3H3;7-11H,4-6,12-15H2,1-3H3;2*7-11H,4-6,12-13H2,1-3H3;4-8H,9-10H2,1-3H3;5*1-2H3/q5*+1;;;;;. The van der Waals surface area contributed by atoms with E-state index in [0.717, 1.165) is 121 Å². The van der Waals surface area contributed by atoms with E-state index in [9.17, 15) is 47.9 Å². The molecule has 5 aromatic carbocycles. The molecule has 1 atom stereocenters. The zero-order valence-electron chi connectivity index (χ0n) is 76.4. The van der Waals surface area contributed by atoms with Gasteiger partial charge in [0, 0.05) is 34.6 Å². The second-order valence-corrected chi connectivity index (χ2v) is 28.0. The number of rotatable bonds is 37. The molecule has 662 valence electrons. The fourth-order valence-corrected chi connectivity index (χ4v) is 10.9. The van der Waals surface area contributed by atoms with Crippen LogP contribution in [0.4, 0.5) is 0 Å². The van der Waals surface area contributed by atoms with Crippen LogP contribution in [0.2, 0.25) is 0 Å². The van der Waals surface area contributed by atoms with Crippen LogP contribution >= 0.6 is 0 Å². The molecular formula is C92H154N5O20+5. The van der Waals surface area contributed by atoms with Gasteiger partial charge < -0.3 is 69.8 Å². The van der Waals surface area contributed by atoms with Crippen molar-refractivity contribution in [1.29, 1.82) is 0 Å². The predicted octanol–water partition coefficient (Wildman–Crippen LogP) is 15.3. The number of carbonyl (C=O) groups is 10. The number of methoxy groups -OCH3 is 5. The summed E-state index contributed by atoms with van der Waals surface area (Å²) in [4.78, 5) is 107. The summed E-state index contributed by atoms with van der Waals surface area (Å²) in [5.41, 5.74) is 3.13. The van der Waals surface area contributed by atoms with Crippen molar-refractivity contribution in [3.63, 3.8) is 0 Å². The predicted molar refractivity (Wildman–Crippen MR) is 465 cm³/mol. The number of carbonyl (C=O) groups excluding carboxylic acids is 10. The van der Waals surface area contributed by atoms with Gasteiger partial charge in [-0.1, -0.05) is 125 Å². The first-order valence-electron chi connectivity index (χ1n) is 41.1. The zero-order valence-corrected chi connectivity index (χ0v) is 76.4. The third-order valence-electron chi connectivity index (χ3n) is 19.1. The van der Waals surface area contributed by atoms with Crippen molar-refractivity contribution in [3.05, 3.63) is 179 Å². The maximum absolute atomic E-state index is 12.0. The summed E-state index contributed by atoms with van der Waals surface area (Å²) in [6.45, 7) is 53.5. The largest absolute Gasteiger partial charge is 0.469 e. The van der Waals surface area contributed by atoms with Crippen LogP contribution in [0.15, 0.2) is 152 Å². The molecule has 5 aromatic rings. The summed E-state index contributed by atoms with van der Waals surface area (Å²) in [6, 6.07) is 45.8. The number of ether oxygens (including phenoxy) is 10. The van der Waals surface area contributed by atoms with Crippen LogP contribution in [0.25, 0.3) is 0 Å². The van der Waals surface area contributed by atoms with Gasteiger partial charge in [-0.15, -0.1) is 0 Å². The number of likely N-dealkylation sites (N-methyl/N-ethyl adjacent to an activating group) is 5. The van der Waals surface area contributed by atoms with Gasteiger partial charge in [0.15, 0.2) is 0 Å². The van der Waals surface area contributed by atoms with Crippen LogP contribution in [0, 0.1) is 0 Å². The van der Waals surface area contributed by atoms with E-state index in [-0.39, 0.29) is 59.7 Å². The Hall–Kier alpha value is -9.40. The van der Waals surface area contributed by atoms with Gasteiger partial charge in [-0.3, -0.25) is 24.0 Å². The first-order valence-corrected chi connectivity index (χ1v) is 41.1. The van der Waals surface area contributed by atoms with Crippen LogP contribution in [-0.4, -0.2) is 283 Å². The quantitative estimate of drug-likeness (QED) is 0.0203. The molecule has 0 aliphatic carbocycles. The van der Waals surface area contributed by atoms with E-state index in [1.807, 2.05) is 91.0 Å². The van der Waals surface area contributed by atoms with Crippen molar-refractivity contribution >= 4 is 59.7 Å². The molecule has 0 saturated heterocycles. The van der Waals surface area contributed by atoms with Crippen molar-refractivity contribution < 1.29 is 118 Å². The van der Waals surface area contributed by atoms with Gasteiger partial charge in [0.2, 0.25) is 0 Å². The van der Waals surface area contributed by atoms with Gasteiger partial charge in [-0.05, 0) is 142 Å². The number of quaternary nitrogens is 5. The molecule has 0 spiro atoms. The zero-order chi connectivity index (χ0) is 90.0. The Kier molecular flexibility index (Phi) is 72.5. The maximum atomic E-state index is 12.0. The van der Waals surface area contributed by atoms with Crippen LogP contribution in [0.3, 0.4) is 0 Å². The van der Waals surface area contributed by atoms with Gasteiger partial charge in [0.05, 0.1) is 163 Å². The molecule has 0 aliphatic heterocycles. The summed E-state index contributed by atoms with van der Waals surface area (Å²) in [5.74, 6) is -2.35. The molecule has 117 heavy (non-hydrogen) atoms. The number of benzene rings is 5. The minimum atomic E-state index is -0.246. The molecule has 0 fully saturated rings. The van der Waals surface area contributed by atoms with Crippen LogP contribution in [-0.2, 0) is 71.3 Å². The third kappa shape index (κ3) is 62.5. The molecule has 5 rings (SSSR count). The molecule has 0 amide bonds. The molecule has 25 nitrogen and oxygen atoms in total. The monoisotopic (exact) mass is 1650 g/mol. The van der Waals surface area contributed by atoms with Crippen molar-refractivity contribution in [2.24, 2.45) is 0 Å². The lowest BCUT2D eigenvalue weighted by atomic mass is 10.2. The summed E-state index contributed by atoms with van der Waals surface area (Å²) in [5, 5.41) is 0. The highest BCUT2D eigenvalue weighted by molar-refractivity contribution is 5.91. The second kappa shape index (κ2) is 73.0. The van der Waals surface area contributed by atoms with Gasteiger partial charge in [0.1, 0.15) is 65.8 Å². The van der Waals surface area contributed by atoms with Crippen molar-refractivity contribution in [2.75, 3.05) is 201 Å². The first kappa shape index (κ1) is 116. The fourth-order valence-electron chi connectivity index (χ4n) is 10.9. The number of esters is 10. The Labute approximate surface area is 704 Å². The summed E-state index contributed by atoms with van der Waals surface area (Å²) >= 11 is 0. The third-order valence-corrected chi connectivity index (χ3v) is 19.1. The molecule has 0 bridgehead atoms. The molecule has 25 heteroatoms. The summed E-state index contributed by atoms with van der Waals surface area (Å²) in [7, 11) is 12.9. The first-order chi connectivity index (χ1) is 55.5. The normalized spacial score (nSPS) is 10.7. The van der Waals surface area contributed by atoms with Gasteiger partial charge >= 0.3 is 59.7 Å². The van der Waals surface area contributed by atoms with E-state index >= 15 is 0 Å². The van der Waals surface area contributed by atoms with Crippen molar-refractivity contribution in [2.45, 2.75) is 150 Å². The lowest BCUT2D eigenvalue weighted by Crippen LogP contribution is -2.51. The lowest BCUT2D eigenvalue weighted by molar-refractivity contribution is -0.926. The summed E-state index contributed by atoms with van der Waals surface area (Å²) < 4.78 is 52.2. The molecular weight excluding hydrogens is 1500 g/mol. The maximum Gasteiger partial charge on any atom is 0.338 e. The molecule has 0 heterocycles. The Balaban J connectivity index is -0.000000416. The van der Waals surface area contributed by atoms with Crippen LogP contribution < -0.4 is 0 Å². The fraction of sp³-hybridized carbons (Fsp3) is 0.565. The number of hydrogen-bond acceptors (Lipinski definition) is 20. The molecule has 0 aliphatic rings. The van der Waals surface area contributed by atoms with Crippen molar-refractivity contribution in [1.82, 2.24) is 0 Å². The van der Waals surface area contributed by atoms with E-state index in [2.05, 4.69) is 128 Å². The Morgan fingerprint density at radius 2 is 0.393 bits per heavy atom. The highest BCUT2D eigenvalue weighted by atomic mass is 16.6. The van der Waals surface area contributed by atoms with E-state index < -0.39 is 0 Å². The highest BCUT2D eigenvalue weighted by Crippen LogP contribution is 2.15. The van der Waals surface area contributed by atoms with Gasteiger partial charge in [0.25, 0.3) is 0 Å². The van der Waals surface area contributed by atoms with Gasteiger partial charge in [-0.25, -0.2) is 24.0 Å². The van der Waals surface area contributed by atoms with Gasteiger partial charge in [-0.2, -0.15) is 0 Å².